The van der Waals surface area contributed by atoms with E-state index in [9.17, 15) is 18.0 Å². The molecule has 4 rings (SSSR count). The first-order valence-corrected chi connectivity index (χ1v) is 9.92. The minimum absolute atomic E-state index is 0.00393. The van der Waals surface area contributed by atoms with Crippen LogP contribution in [0.1, 0.15) is 30.1 Å². The van der Waals surface area contributed by atoms with Crippen molar-refractivity contribution in [1.29, 1.82) is 0 Å². The second-order valence-corrected chi connectivity index (χ2v) is 7.15. The SMILES string of the molecule is CCO[C@H]1CC[C@H]2[C@H]1OCCN2C(=O)c1ccnc2ccccc12.O=C(O)C(F)(F)F. The third-order valence-electron chi connectivity index (χ3n) is 5.30. The first-order valence-electron chi connectivity index (χ1n) is 9.92. The van der Waals surface area contributed by atoms with Gasteiger partial charge in [0.25, 0.3) is 5.91 Å². The number of rotatable bonds is 3. The van der Waals surface area contributed by atoms with Crippen LogP contribution >= 0.6 is 0 Å². The number of nitrogens with zero attached hydrogens (tertiary/aromatic N) is 2. The summed E-state index contributed by atoms with van der Waals surface area (Å²) in [5.74, 6) is -2.68. The van der Waals surface area contributed by atoms with Gasteiger partial charge in [-0.15, -0.1) is 0 Å². The van der Waals surface area contributed by atoms with Crippen molar-refractivity contribution < 1.29 is 37.3 Å². The summed E-state index contributed by atoms with van der Waals surface area (Å²) in [5.41, 5.74) is 1.58. The Balaban J connectivity index is 0.000000339. The normalized spacial score (nSPS) is 23.1. The molecule has 1 amide bonds. The maximum Gasteiger partial charge on any atom is 0.490 e. The minimum atomic E-state index is -5.08. The first kappa shape index (κ1) is 23.0. The van der Waals surface area contributed by atoms with E-state index in [0.29, 0.717) is 19.8 Å². The Labute approximate surface area is 176 Å². The summed E-state index contributed by atoms with van der Waals surface area (Å²) in [7, 11) is 0. The monoisotopic (exact) mass is 440 g/mol. The van der Waals surface area contributed by atoms with Crippen LogP contribution < -0.4 is 0 Å². The number of halogens is 3. The van der Waals surface area contributed by atoms with Crippen LogP contribution in [0.4, 0.5) is 13.2 Å². The van der Waals surface area contributed by atoms with E-state index in [0.717, 1.165) is 29.3 Å². The molecule has 1 aliphatic heterocycles. The molecule has 1 saturated carbocycles. The van der Waals surface area contributed by atoms with E-state index in [-0.39, 0.29) is 24.2 Å². The number of morpholine rings is 1. The second kappa shape index (κ2) is 9.61. The number of para-hydroxylation sites is 1. The number of amides is 1. The summed E-state index contributed by atoms with van der Waals surface area (Å²) in [6.45, 7) is 3.89. The van der Waals surface area contributed by atoms with Gasteiger partial charge in [0.1, 0.15) is 6.10 Å². The van der Waals surface area contributed by atoms with Gasteiger partial charge in [0, 0.05) is 24.7 Å². The second-order valence-electron chi connectivity index (χ2n) is 7.15. The van der Waals surface area contributed by atoms with E-state index in [1.54, 1.807) is 6.20 Å². The average Bonchev–Trinajstić information content (AvgIpc) is 3.16. The fourth-order valence-electron chi connectivity index (χ4n) is 4.00. The van der Waals surface area contributed by atoms with Crippen molar-refractivity contribution in [3.8, 4) is 0 Å². The third-order valence-corrected chi connectivity index (χ3v) is 5.30. The van der Waals surface area contributed by atoms with Crippen molar-refractivity contribution >= 4 is 22.8 Å². The molecule has 0 radical (unpaired) electrons. The number of alkyl halides is 3. The molecule has 2 heterocycles. The molecule has 1 aromatic heterocycles. The summed E-state index contributed by atoms with van der Waals surface area (Å²) in [6, 6.07) is 9.72. The van der Waals surface area contributed by atoms with Crippen molar-refractivity contribution in [2.24, 2.45) is 0 Å². The van der Waals surface area contributed by atoms with E-state index < -0.39 is 12.1 Å². The van der Waals surface area contributed by atoms with E-state index in [2.05, 4.69) is 4.98 Å². The molecule has 3 atom stereocenters. The molecule has 1 saturated heterocycles. The van der Waals surface area contributed by atoms with Gasteiger partial charge >= 0.3 is 12.1 Å². The number of carboxylic acid groups (broad SMARTS) is 1. The largest absolute Gasteiger partial charge is 0.490 e. The molecule has 2 aromatic rings. The lowest BCUT2D eigenvalue weighted by atomic mass is 10.0. The van der Waals surface area contributed by atoms with Gasteiger partial charge in [-0.2, -0.15) is 13.2 Å². The highest BCUT2D eigenvalue weighted by Gasteiger charge is 2.45. The lowest BCUT2D eigenvalue weighted by molar-refractivity contribution is -0.192. The van der Waals surface area contributed by atoms with Crippen LogP contribution in [-0.2, 0) is 14.3 Å². The van der Waals surface area contributed by atoms with Crippen LogP contribution in [0.5, 0.6) is 0 Å². The summed E-state index contributed by atoms with van der Waals surface area (Å²) in [5, 5.41) is 8.03. The Morgan fingerprint density at radius 2 is 1.97 bits per heavy atom. The van der Waals surface area contributed by atoms with Gasteiger partial charge in [0.15, 0.2) is 0 Å². The Kier molecular flexibility index (Phi) is 7.11. The van der Waals surface area contributed by atoms with Crippen molar-refractivity contribution in [3.63, 3.8) is 0 Å². The highest BCUT2D eigenvalue weighted by Crippen LogP contribution is 2.33. The molecule has 10 heteroatoms. The standard InChI is InChI=1S/C19H22N2O3.C2HF3O2/c1-2-23-17-8-7-16-18(17)24-12-11-21(16)19(22)14-9-10-20-15-6-4-3-5-13(14)15;3-2(4,5)1(6)7/h3-6,9-10,16-18H,2,7-8,11-12H2,1H3;(H,6,7)/t16-,17-,18+;/m0./s1. The fourth-order valence-corrected chi connectivity index (χ4v) is 4.00. The molecular weight excluding hydrogens is 417 g/mol. The molecule has 1 aliphatic carbocycles. The predicted molar refractivity (Wildman–Crippen MR) is 105 cm³/mol. The van der Waals surface area contributed by atoms with Crippen LogP contribution in [0.25, 0.3) is 10.9 Å². The lowest BCUT2D eigenvalue weighted by Crippen LogP contribution is -2.53. The number of aliphatic carboxylic acids is 1. The van der Waals surface area contributed by atoms with Gasteiger partial charge in [0.05, 0.1) is 29.8 Å². The van der Waals surface area contributed by atoms with Crippen LogP contribution in [-0.4, -0.2) is 71.1 Å². The summed E-state index contributed by atoms with van der Waals surface area (Å²) < 4.78 is 43.5. The van der Waals surface area contributed by atoms with Gasteiger partial charge < -0.3 is 19.5 Å². The Morgan fingerprint density at radius 1 is 1.26 bits per heavy atom. The van der Waals surface area contributed by atoms with Gasteiger partial charge in [-0.1, -0.05) is 18.2 Å². The van der Waals surface area contributed by atoms with Gasteiger partial charge in [-0.05, 0) is 31.9 Å². The number of fused-ring (bicyclic) bond motifs is 2. The van der Waals surface area contributed by atoms with Crippen LogP contribution in [0, 0.1) is 0 Å². The van der Waals surface area contributed by atoms with Gasteiger partial charge in [-0.3, -0.25) is 9.78 Å². The zero-order valence-electron chi connectivity index (χ0n) is 16.8. The average molecular weight is 440 g/mol. The number of ether oxygens (including phenoxy) is 2. The molecule has 7 nitrogen and oxygen atoms in total. The molecule has 0 unspecified atom stereocenters. The topological polar surface area (TPSA) is 89.0 Å². The quantitative estimate of drug-likeness (QED) is 0.788. The zero-order valence-corrected chi connectivity index (χ0v) is 16.8. The van der Waals surface area contributed by atoms with E-state index in [1.807, 2.05) is 42.2 Å². The first-order chi connectivity index (χ1) is 14.7. The minimum Gasteiger partial charge on any atom is -0.475 e. The number of pyridine rings is 1. The number of carboxylic acids is 1. The Morgan fingerprint density at radius 3 is 2.65 bits per heavy atom. The molecule has 2 fully saturated rings. The van der Waals surface area contributed by atoms with Gasteiger partial charge in [0.2, 0.25) is 0 Å². The maximum atomic E-state index is 13.2. The third kappa shape index (κ3) is 5.13. The molecule has 0 bridgehead atoms. The number of benzene rings is 1. The molecular formula is C21H23F3N2O5. The summed E-state index contributed by atoms with van der Waals surface area (Å²) in [6.07, 6.45) is -1.39. The number of aromatic nitrogens is 1. The zero-order chi connectivity index (χ0) is 22.6. The van der Waals surface area contributed by atoms with Crippen molar-refractivity contribution in [2.75, 3.05) is 19.8 Å². The Bertz CT molecular complexity index is 931. The lowest BCUT2D eigenvalue weighted by Gasteiger charge is -2.39. The number of hydrogen-bond donors (Lipinski definition) is 1. The molecule has 1 aromatic carbocycles. The van der Waals surface area contributed by atoms with Crippen LogP contribution in [0.3, 0.4) is 0 Å². The summed E-state index contributed by atoms with van der Waals surface area (Å²) in [4.78, 5) is 28.5. The molecule has 31 heavy (non-hydrogen) atoms. The van der Waals surface area contributed by atoms with Gasteiger partial charge in [-0.25, -0.2) is 4.79 Å². The van der Waals surface area contributed by atoms with Crippen LogP contribution in [0.2, 0.25) is 0 Å². The number of hydrogen-bond acceptors (Lipinski definition) is 5. The molecule has 168 valence electrons. The number of carbonyl (C=O) groups excluding carboxylic acids is 1. The smallest absolute Gasteiger partial charge is 0.475 e. The Hall–Kier alpha value is -2.72. The highest BCUT2D eigenvalue weighted by atomic mass is 19.4. The molecule has 0 spiro atoms. The highest BCUT2D eigenvalue weighted by molar-refractivity contribution is 6.06. The summed E-state index contributed by atoms with van der Waals surface area (Å²) >= 11 is 0. The van der Waals surface area contributed by atoms with E-state index >= 15 is 0 Å². The molecule has 1 N–H and O–H groups in total. The fraction of sp³-hybridized carbons (Fsp3) is 0.476. The molecule has 2 aliphatic rings. The van der Waals surface area contributed by atoms with E-state index in [1.165, 1.54) is 0 Å². The van der Waals surface area contributed by atoms with Crippen molar-refractivity contribution in [3.05, 3.63) is 42.1 Å². The number of carbonyl (C=O) groups is 2. The van der Waals surface area contributed by atoms with Crippen molar-refractivity contribution in [1.82, 2.24) is 9.88 Å². The maximum absolute atomic E-state index is 13.2. The predicted octanol–water partition coefficient (Wildman–Crippen LogP) is 3.28. The van der Waals surface area contributed by atoms with E-state index in [4.69, 9.17) is 19.4 Å². The van der Waals surface area contributed by atoms with Crippen molar-refractivity contribution in [2.45, 2.75) is 44.2 Å². The van der Waals surface area contributed by atoms with Crippen LogP contribution in [0.15, 0.2) is 36.5 Å².